The lowest BCUT2D eigenvalue weighted by atomic mass is 10.1. The van der Waals surface area contributed by atoms with Crippen LogP contribution in [-0.4, -0.2) is 17.2 Å². The van der Waals surface area contributed by atoms with E-state index in [1.54, 1.807) is 42.5 Å². The molecule has 2 N–H and O–H groups in total. The van der Waals surface area contributed by atoms with Gasteiger partial charge in [-0.15, -0.1) is 0 Å². The third kappa shape index (κ3) is 5.06. The maximum atomic E-state index is 11.7. The van der Waals surface area contributed by atoms with Crippen LogP contribution in [0.3, 0.4) is 0 Å². The van der Waals surface area contributed by atoms with Crippen molar-refractivity contribution in [3.05, 3.63) is 63.6 Å². The Morgan fingerprint density at radius 1 is 1.14 bits per heavy atom. The number of nitrogens with one attached hydrogen (secondary N) is 1. The van der Waals surface area contributed by atoms with Crippen LogP contribution < -0.4 is 5.43 Å². The molecule has 0 radical (unpaired) electrons. The molecule has 0 fully saturated rings. The number of phenols is 1. The molecule has 0 aliphatic carbocycles. The van der Waals surface area contributed by atoms with Gasteiger partial charge in [0.05, 0.1) is 16.3 Å². The normalized spacial score (nSPS) is 10.8. The van der Waals surface area contributed by atoms with Gasteiger partial charge in [0.25, 0.3) is 0 Å². The fraction of sp³-hybridized carbons (Fsp3) is 0.125. The topological polar surface area (TPSA) is 61.7 Å². The van der Waals surface area contributed by atoms with Crippen LogP contribution in [0.15, 0.2) is 47.6 Å². The summed E-state index contributed by atoms with van der Waals surface area (Å²) in [6.45, 7) is 0. The van der Waals surface area contributed by atoms with Gasteiger partial charge in [0, 0.05) is 6.42 Å². The Bertz CT molecular complexity index is 685. The first-order valence-corrected chi connectivity index (χ1v) is 7.35. The van der Waals surface area contributed by atoms with E-state index in [1.807, 2.05) is 0 Å². The minimum Gasteiger partial charge on any atom is -0.508 e. The van der Waals surface area contributed by atoms with E-state index in [1.165, 1.54) is 6.21 Å². The highest BCUT2D eigenvalue weighted by molar-refractivity contribution is 6.42. The second-order valence-corrected chi connectivity index (χ2v) is 5.45. The molecule has 0 unspecified atom stereocenters. The van der Waals surface area contributed by atoms with E-state index in [0.717, 1.165) is 11.1 Å². The van der Waals surface area contributed by atoms with Crippen LogP contribution in [0.2, 0.25) is 10.0 Å². The molecule has 22 heavy (non-hydrogen) atoms. The second kappa shape index (κ2) is 7.82. The van der Waals surface area contributed by atoms with Crippen molar-refractivity contribution in [2.45, 2.75) is 12.8 Å². The second-order valence-electron chi connectivity index (χ2n) is 4.63. The van der Waals surface area contributed by atoms with Crippen LogP contribution in [0.5, 0.6) is 5.75 Å². The molecule has 0 saturated carbocycles. The van der Waals surface area contributed by atoms with E-state index in [0.29, 0.717) is 22.9 Å². The average molecular weight is 337 g/mol. The van der Waals surface area contributed by atoms with E-state index >= 15 is 0 Å². The van der Waals surface area contributed by atoms with Crippen LogP contribution >= 0.6 is 23.2 Å². The third-order valence-electron chi connectivity index (χ3n) is 2.92. The molecular formula is C16H14Cl2N2O2. The Labute approximate surface area is 138 Å². The zero-order valence-corrected chi connectivity index (χ0v) is 13.1. The summed E-state index contributed by atoms with van der Waals surface area (Å²) in [7, 11) is 0. The third-order valence-corrected chi connectivity index (χ3v) is 3.66. The van der Waals surface area contributed by atoms with Crippen LogP contribution in [0.25, 0.3) is 0 Å². The smallest absolute Gasteiger partial charge is 0.240 e. The number of rotatable bonds is 5. The molecule has 0 aliphatic heterocycles. The maximum absolute atomic E-state index is 11.7. The zero-order chi connectivity index (χ0) is 15.9. The first-order chi connectivity index (χ1) is 10.5. The van der Waals surface area contributed by atoms with Crippen LogP contribution in [0, 0.1) is 0 Å². The predicted octanol–water partition coefficient (Wildman–Crippen LogP) is 3.78. The Balaban J connectivity index is 1.80. The first kappa shape index (κ1) is 16.3. The Morgan fingerprint density at radius 2 is 1.86 bits per heavy atom. The largest absolute Gasteiger partial charge is 0.508 e. The highest BCUT2D eigenvalue weighted by Gasteiger charge is 2.01. The quantitative estimate of drug-likeness (QED) is 0.644. The molecule has 2 aromatic rings. The highest BCUT2D eigenvalue weighted by Crippen LogP contribution is 2.21. The summed E-state index contributed by atoms with van der Waals surface area (Å²) in [5.74, 6) is 0.0174. The number of aromatic hydroxyl groups is 1. The summed E-state index contributed by atoms with van der Waals surface area (Å²) < 4.78 is 0. The Hall–Kier alpha value is -2.04. The van der Waals surface area contributed by atoms with Gasteiger partial charge in [-0.05, 0) is 41.8 Å². The molecule has 2 aromatic carbocycles. The molecule has 1 amide bonds. The standard InChI is InChI=1S/C16H14Cl2N2O2/c17-14-7-3-12(9-15(14)18)10-19-20-16(22)8-4-11-1-5-13(21)6-2-11/h1-3,5-7,9-10,21H,4,8H2,(H,20,22)/b19-10-. The van der Waals surface area contributed by atoms with Crippen molar-refractivity contribution >= 4 is 35.3 Å². The maximum Gasteiger partial charge on any atom is 0.240 e. The lowest BCUT2D eigenvalue weighted by Gasteiger charge is -2.01. The number of amides is 1. The molecule has 2 rings (SSSR count). The summed E-state index contributed by atoms with van der Waals surface area (Å²) in [6, 6.07) is 11.8. The predicted molar refractivity (Wildman–Crippen MR) is 88.6 cm³/mol. The molecular weight excluding hydrogens is 323 g/mol. The van der Waals surface area contributed by atoms with Crippen molar-refractivity contribution in [2.75, 3.05) is 0 Å². The first-order valence-electron chi connectivity index (χ1n) is 6.59. The van der Waals surface area contributed by atoms with Gasteiger partial charge in [-0.25, -0.2) is 5.43 Å². The molecule has 0 bridgehead atoms. The van der Waals surface area contributed by atoms with Crippen molar-refractivity contribution in [1.82, 2.24) is 5.43 Å². The Morgan fingerprint density at radius 3 is 2.55 bits per heavy atom. The number of halogens is 2. The molecule has 114 valence electrons. The highest BCUT2D eigenvalue weighted by atomic mass is 35.5. The summed E-state index contributed by atoms with van der Waals surface area (Å²) in [4.78, 5) is 11.7. The van der Waals surface area contributed by atoms with E-state index in [4.69, 9.17) is 23.2 Å². The van der Waals surface area contributed by atoms with Crippen molar-refractivity contribution < 1.29 is 9.90 Å². The SMILES string of the molecule is O=C(CCc1ccc(O)cc1)N/N=C\c1ccc(Cl)c(Cl)c1. The van der Waals surface area contributed by atoms with Gasteiger partial charge in [-0.3, -0.25) is 4.79 Å². The molecule has 0 heterocycles. The molecule has 0 spiro atoms. The summed E-state index contributed by atoms with van der Waals surface area (Å²) in [5.41, 5.74) is 4.17. The van der Waals surface area contributed by atoms with Crippen molar-refractivity contribution in [2.24, 2.45) is 5.10 Å². The van der Waals surface area contributed by atoms with E-state index < -0.39 is 0 Å². The van der Waals surface area contributed by atoms with Gasteiger partial charge in [0.15, 0.2) is 0 Å². The fourth-order valence-electron chi connectivity index (χ4n) is 1.75. The molecule has 0 aromatic heterocycles. The van der Waals surface area contributed by atoms with Gasteiger partial charge in [-0.1, -0.05) is 41.4 Å². The van der Waals surface area contributed by atoms with Crippen molar-refractivity contribution in [3.63, 3.8) is 0 Å². The summed E-state index contributed by atoms with van der Waals surface area (Å²) in [6.07, 6.45) is 2.39. The van der Waals surface area contributed by atoms with Gasteiger partial charge in [0.1, 0.15) is 5.75 Å². The van der Waals surface area contributed by atoms with E-state index in [-0.39, 0.29) is 11.7 Å². The lowest BCUT2D eigenvalue weighted by molar-refractivity contribution is -0.121. The minimum atomic E-state index is -0.190. The number of carbonyl (C=O) groups excluding carboxylic acids is 1. The van der Waals surface area contributed by atoms with Gasteiger partial charge >= 0.3 is 0 Å². The Kier molecular flexibility index (Phi) is 5.81. The number of aryl methyl sites for hydroxylation is 1. The monoisotopic (exact) mass is 336 g/mol. The van der Waals surface area contributed by atoms with Gasteiger partial charge < -0.3 is 5.11 Å². The lowest BCUT2D eigenvalue weighted by Crippen LogP contribution is -2.17. The van der Waals surface area contributed by atoms with Crippen LogP contribution in [-0.2, 0) is 11.2 Å². The van der Waals surface area contributed by atoms with Gasteiger partial charge in [-0.2, -0.15) is 5.10 Å². The molecule has 0 atom stereocenters. The van der Waals surface area contributed by atoms with Gasteiger partial charge in [0.2, 0.25) is 5.91 Å². The zero-order valence-electron chi connectivity index (χ0n) is 11.6. The van der Waals surface area contributed by atoms with E-state index in [2.05, 4.69) is 10.5 Å². The fourth-order valence-corrected chi connectivity index (χ4v) is 2.05. The molecule has 6 heteroatoms. The number of hydrogen-bond acceptors (Lipinski definition) is 3. The number of nitrogens with zero attached hydrogens (tertiary/aromatic N) is 1. The van der Waals surface area contributed by atoms with Crippen molar-refractivity contribution in [3.8, 4) is 5.75 Å². The molecule has 0 saturated heterocycles. The number of hydrazone groups is 1. The van der Waals surface area contributed by atoms with E-state index in [9.17, 15) is 9.90 Å². The summed E-state index contributed by atoms with van der Waals surface area (Å²) >= 11 is 11.7. The number of benzene rings is 2. The summed E-state index contributed by atoms with van der Waals surface area (Å²) in [5, 5.41) is 14.0. The number of hydrogen-bond donors (Lipinski definition) is 2. The van der Waals surface area contributed by atoms with Crippen molar-refractivity contribution in [1.29, 1.82) is 0 Å². The number of carbonyl (C=O) groups is 1. The average Bonchev–Trinajstić information content (AvgIpc) is 2.50. The molecule has 0 aliphatic rings. The molecule has 4 nitrogen and oxygen atoms in total. The van der Waals surface area contributed by atoms with Crippen LogP contribution in [0.1, 0.15) is 17.5 Å². The van der Waals surface area contributed by atoms with Crippen LogP contribution in [0.4, 0.5) is 0 Å². The minimum absolute atomic E-state index is 0.190. The number of phenolic OH excluding ortho intramolecular Hbond substituents is 1.